The van der Waals surface area contributed by atoms with E-state index in [1.54, 1.807) is 30.5 Å². The molecular weight excluding hydrogens is 535 g/mol. The van der Waals surface area contributed by atoms with Gasteiger partial charge in [-0.15, -0.1) is 10.2 Å². The first-order valence-corrected chi connectivity index (χ1v) is 13.3. The van der Waals surface area contributed by atoms with Crippen molar-refractivity contribution in [3.05, 3.63) is 83.6 Å². The number of carbonyl (C=O) groups excluding carboxylic acids is 1. The third-order valence-electron chi connectivity index (χ3n) is 7.61. The number of hydrogen-bond donors (Lipinski definition) is 2. The Kier molecular flexibility index (Phi) is 5.77. The Morgan fingerprint density at radius 3 is 2.51 bits per heavy atom. The molecule has 1 amide bonds. The second kappa shape index (κ2) is 9.39. The lowest BCUT2D eigenvalue weighted by atomic mass is 9.98. The number of rotatable bonds is 5. The van der Waals surface area contributed by atoms with Crippen LogP contribution in [0.15, 0.2) is 55.0 Å². The number of amides is 1. The average Bonchev–Trinajstić information content (AvgIpc) is 3.59. The van der Waals surface area contributed by atoms with E-state index < -0.39 is 17.6 Å². The van der Waals surface area contributed by atoms with Crippen LogP contribution in [0.3, 0.4) is 0 Å². The summed E-state index contributed by atoms with van der Waals surface area (Å²) in [6.07, 6.45) is 4.06. The molecule has 5 heterocycles. The van der Waals surface area contributed by atoms with Gasteiger partial charge in [-0.25, -0.2) is 15.0 Å². The van der Waals surface area contributed by atoms with Gasteiger partial charge in [-0.2, -0.15) is 13.2 Å². The highest BCUT2D eigenvalue weighted by molar-refractivity contribution is 6.04. The predicted molar refractivity (Wildman–Crippen MR) is 143 cm³/mol. The molecule has 5 aromatic rings. The monoisotopic (exact) mass is 559 g/mol. The van der Waals surface area contributed by atoms with Crippen LogP contribution in [0, 0.1) is 0 Å². The Balaban J connectivity index is 1.21. The van der Waals surface area contributed by atoms with Crippen molar-refractivity contribution in [3.8, 4) is 11.3 Å². The quantitative estimate of drug-likeness (QED) is 0.309. The maximum absolute atomic E-state index is 13.0. The normalized spacial score (nSPS) is 17.0. The molecule has 1 atom stereocenters. The number of nitrogens with zero attached hydrogens (tertiary/aromatic N) is 7. The van der Waals surface area contributed by atoms with Crippen molar-refractivity contribution in [1.82, 2.24) is 34.1 Å². The lowest BCUT2D eigenvalue weighted by Gasteiger charge is -2.23. The average molecular weight is 560 g/mol. The van der Waals surface area contributed by atoms with Gasteiger partial charge in [-0.1, -0.05) is 12.1 Å². The minimum absolute atomic E-state index is 0.0724. The molecule has 3 N–H and O–H groups in total. The number of nitrogens with two attached hydrogens (primary N) is 1. The largest absolute Gasteiger partial charge is 0.416 e. The summed E-state index contributed by atoms with van der Waals surface area (Å²) in [6, 6.07) is 8.24. The van der Waals surface area contributed by atoms with Crippen molar-refractivity contribution in [3.63, 3.8) is 0 Å². The first kappa shape index (κ1) is 25.2. The smallest absolute Gasteiger partial charge is 0.382 e. The number of halogens is 3. The number of pyridine rings is 1. The molecule has 0 radical (unpaired) electrons. The molecule has 208 valence electrons. The summed E-state index contributed by atoms with van der Waals surface area (Å²) < 4.78 is 43.3. The van der Waals surface area contributed by atoms with E-state index >= 15 is 0 Å². The van der Waals surface area contributed by atoms with E-state index in [0.717, 1.165) is 68.0 Å². The maximum atomic E-state index is 13.0. The highest BCUT2D eigenvalue weighted by atomic mass is 19.4. The van der Waals surface area contributed by atoms with Crippen LogP contribution in [0.25, 0.3) is 16.8 Å². The lowest BCUT2D eigenvalue weighted by molar-refractivity contribution is -0.137. The summed E-state index contributed by atoms with van der Waals surface area (Å²) in [4.78, 5) is 25.9. The number of benzene rings is 1. The second-order valence-corrected chi connectivity index (χ2v) is 10.3. The number of anilines is 2. The third kappa shape index (κ3) is 4.46. The van der Waals surface area contributed by atoms with Gasteiger partial charge in [0.2, 0.25) is 0 Å². The number of alkyl halides is 3. The van der Waals surface area contributed by atoms with Crippen LogP contribution in [0.4, 0.5) is 24.8 Å². The molecule has 1 aliphatic carbocycles. The van der Waals surface area contributed by atoms with Crippen molar-refractivity contribution in [2.24, 2.45) is 0 Å². The zero-order chi connectivity index (χ0) is 28.3. The molecule has 10 nitrogen and oxygen atoms in total. The van der Waals surface area contributed by atoms with E-state index in [1.165, 1.54) is 0 Å². The van der Waals surface area contributed by atoms with Crippen molar-refractivity contribution in [2.75, 3.05) is 11.1 Å². The standard InChI is InChI=1S/C28H24F3N9O/c29-28(30,31)18-9-10-33-20(14-18)35-27(41)17-7-3-15(4-8-17)21-22-23(32)34-11-13-39(22)25(36-21)19-2-1-12-40-24(16-5-6-16)37-38-26(19)40/h3-4,7-11,13-14,16,19H,1-2,5-6,12H2,(H2,32,34)(H,33,35,41). The van der Waals surface area contributed by atoms with Crippen LogP contribution in [0.1, 0.15) is 70.9 Å². The van der Waals surface area contributed by atoms with Crippen LogP contribution < -0.4 is 11.1 Å². The van der Waals surface area contributed by atoms with E-state index in [4.69, 9.17) is 10.7 Å². The number of aromatic nitrogens is 7. The van der Waals surface area contributed by atoms with Gasteiger partial charge in [0.25, 0.3) is 5.91 Å². The van der Waals surface area contributed by atoms with Gasteiger partial charge in [-0.3, -0.25) is 9.20 Å². The minimum atomic E-state index is -4.54. The molecular formula is C28H24F3N9O. The molecule has 41 heavy (non-hydrogen) atoms. The number of hydrogen-bond acceptors (Lipinski definition) is 7. The highest BCUT2D eigenvalue weighted by Gasteiger charge is 2.36. The first-order chi connectivity index (χ1) is 19.8. The molecule has 1 unspecified atom stereocenters. The van der Waals surface area contributed by atoms with Crippen LogP contribution >= 0.6 is 0 Å². The van der Waals surface area contributed by atoms with E-state index in [2.05, 4.69) is 30.0 Å². The van der Waals surface area contributed by atoms with Gasteiger partial charge in [0.15, 0.2) is 0 Å². The fourth-order valence-corrected chi connectivity index (χ4v) is 5.46. The topological polar surface area (TPSA) is 129 Å². The number of nitrogen functional groups attached to an aromatic ring is 1. The maximum Gasteiger partial charge on any atom is 0.416 e. The molecule has 0 bridgehead atoms. The van der Waals surface area contributed by atoms with E-state index in [1.807, 2.05) is 10.6 Å². The molecule has 1 saturated carbocycles. The van der Waals surface area contributed by atoms with Gasteiger partial charge >= 0.3 is 6.18 Å². The summed E-state index contributed by atoms with van der Waals surface area (Å²) in [5.74, 6) is 2.70. The van der Waals surface area contributed by atoms with Gasteiger partial charge in [0.05, 0.1) is 11.5 Å². The molecule has 2 aliphatic rings. The first-order valence-electron chi connectivity index (χ1n) is 13.3. The number of imidazole rings is 1. The summed E-state index contributed by atoms with van der Waals surface area (Å²) in [6.45, 7) is 0.893. The zero-order valence-corrected chi connectivity index (χ0v) is 21.6. The highest BCUT2D eigenvalue weighted by Crippen LogP contribution is 2.43. The van der Waals surface area contributed by atoms with Crippen LogP contribution in [-0.4, -0.2) is 40.0 Å². The molecule has 1 aliphatic heterocycles. The molecule has 13 heteroatoms. The molecule has 0 spiro atoms. The summed E-state index contributed by atoms with van der Waals surface area (Å²) in [5, 5.41) is 11.5. The number of nitrogens with one attached hydrogen (secondary N) is 1. The fourth-order valence-electron chi connectivity index (χ4n) is 5.46. The minimum Gasteiger partial charge on any atom is -0.382 e. The molecule has 0 saturated heterocycles. The Morgan fingerprint density at radius 1 is 0.976 bits per heavy atom. The molecule has 7 rings (SSSR count). The van der Waals surface area contributed by atoms with E-state index in [9.17, 15) is 18.0 Å². The van der Waals surface area contributed by atoms with E-state index in [-0.39, 0.29) is 17.3 Å². The SMILES string of the molecule is Nc1nccn2c(C3CCCn4c(C5CC5)nnc43)nc(-c3ccc(C(=O)Nc4cc(C(F)(F)F)ccn4)cc3)c12. The summed E-state index contributed by atoms with van der Waals surface area (Å²) >= 11 is 0. The van der Waals surface area contributed by atoms with Crippen LogP contribution in [0.5, 0.6) is 0 Å². The Hall–Kier alpha value is -4.81. The van der Waals surface area contributed by atoms with E-state index in [0.29, 0.717) is 28.5 Å². The molecule has 1 fully saturated rings. The lowest BCUT2D eigenvalue weighted by Crippen LogP contribution is -2.20. The van der Waals surface area contributed by atoms with Gasteiger partial charge in [0, 0.05) is 42.2 Å². The number of carbonyl (C=O) groups is 1. The second-order valence-electron chi connectivity index (χ2n) is 10.3. The fraction of sp³-hybridized carbons (Fsp3) is 0.286. The van der Waals surface area contributed by atoms with Gasteiger partial charge < -0.3 is 15.6 Å². The van der Waals surface area contributed by atoms with Crippen LogP contribution in [-0.2, 0) is 12.7 Å². The molecule has 1 aromatic carbocycles. The third-order valence-corrected chi connectivity index (χ3v) is 7.61. The van der Waals surface area contributed by atoms with Crippen molar-refractivity contribution >= 4 is 23.1 Å². The molecule has 4 aromatic heterocycles. The number of fused-ring (bicyclic) bond motifs is 2. The van der Waals surface area contributed by atoms with Crippen molar-refractivity contribution in [2.45, 2.75) is 50.2 Å². The Bertz CT molecular complexity index is 1790. The van der Waals surface area contributed by atoms with Gasteiger partial charge in [-0.05, 0) is 49.9 Å². The summed E-state index contributed by atoms with van der Waals surface area (Å²) in [5.41, 5.74) is 7.64. The zero-order valence-electron chi connectivity index (χ0n) is 21.6. The Labute approximate surface area is 231 Å². The predicted octanol–water partition coefficient (Wildman–Crippen LogP) is 5.04. The van der Waals surface area contributed by atoms with Crippen molar-refractivity contribution < 1.29 is 18.0 Å². The summed E-state index contributed by atoms with van der Waals surface area (Å²) in [7, 11) is 0. The van der Waals surface area contributed by atoms with Gasteiger partial charge in [0.1, 0.15) is 40.3 Å². The Morgan fingerprint density at radius 2 is 1.76 bits per heavy atom. The van der Waals surface area contributed by atoms with Crippen molar-refractivity contribution in [1.29, 1.82) is 0 Å². The van der Waals surface area contributed by atoms with Crippen LogP contribution in [0.2, 0.25) is 0 Å².